The number of ether oxygens (including phenoxy) is 2. The number of carbonyl (C=O) groups excluding carboxylic acids is 1. The number of thiophene rings is 1. The van der Waals surface area contributed by atoms with E-state index in [1.54, 1.807) is 23.1 Å². The second kappa shape index (κ2) is 9.04. The maximum atomic E-state index is 12.8. The predicted octanol–water partition coefficient (Wildman–Crippen LogP) is 5.74. The summed E-state index contributed by atoms with van der Waals surface area (Å²) in [7, 11) is -3.77. The fraction of sp³-hybridized carbons (Fsp3) is 0.348. The zero-order valence-electron chi connectivity index (χ0n) is 18.5. The van der Waals surface area contributed by atoms with Gasteiger partial charge in [-0.05, 0) is 45.0 Å². The Morgan fingerprint density at radius 3 is 2.52 bits per heavy atom. The Balaban J connectivity index is 1.53. The van der Waals surface area contributed by atoms with Gasteiger partial charge in [-0.2, -0.15) is 0 Å². The van der Waals surface area contributed by atoms with Gasteiger partial charge in [0.15, 0.2) is 0 Å². The molecular weight excluding hydrogens is 484 g/mol. The van der Waals surface area contributed by atoms with E-state index >= 15 is 0 Å². The third-order valence-electron chi connectivity index (χ3n) is 5.03. The van der Waals surface area contributed by atoms with Crippen LogP contribution in [0.25, 0.3) is 10.8 Å². The summed E-state index contributed by atoms with van der Waals surface area (Å²) in [5.41, 5.74) is -0.103. The van der Waals surface area contributed by atoms with Crippen LogP contribution in [0.15, 0.2) is 52.7 Å². The van der Waals surface area contributed by atoms with Gasteiger partial charge in [-0.25, -0.2) is 13.2 Å². The molecule has 1 N–H and O–H groups in total. The first kappa shape index (κ1) is 23.7. The van der Waals surface area contributed by atoms with E-state index in [4.69, 9.17) is 21.1 Å². The lowest BCUT2D eigenvalue weighted by atomic mass is 10.1. The van der Waals surface area contributed by atoms with Gasteiger partial charge in [0.05, 0.1) is 16.6 Å². The molecule has 1 saturated heterocycles. The van der Waals surface area contributed by atoms with E-state index in [0.29, 0.717) is 40.7 Å². The summed E-state index contributed by atoms with van der Waals surface area (Å²) in [6.45, 7) is 6.49. The summed E-state index contributed by atoms with van der Waals surface area (Å²) in [5.74, 6) is 0.628. The van der Waals surface area contributed by atoms with Gasteiger partial charge in [-0.15, -0.1) is 11.3 Å². The first-order chi connectivity index (χ1) is 15.5. The number of sulfonamides is 1. The second-order valence-corrected chi connectivity index (χ2v) is 12.4. The maximum absolute atomic E-state index is 12.8. The number of amides is 1. The number of hydrogen-bond donors (Lipinski definition) is 1. The zero-order chi connectivity index (χ0) is 23.8. The van der Waals surface area contributed by atoms with E-state index in [-0.39, 0.29) is 16.4 Å². The van der Waals surface area contributed by atoms with Crippen LogP contribution in [-0.2, 0) is 14.8 Å². The highest BCUT2D eigenvalue weighted by molar-refractivity contribution is 7.94. The molecule has 1 atom stereocenters. The number of hydrogen-bond acceptors (Lipinski definition) is 6. The van der Waals surface area contributed by atoms with E-state index in [1.807, 2.05) is 45.0 Å². The van der Waals surface area contributed by atoms with Gasteiger partial charge in [0.25, 0.3) is 10.0 Å². The predicted molar refractivity (Wildman–Crippen MR) is 131 cm³/mol. The molecule has 3 aromatic rings. The molecule has 0 saturated carbocycles. The number of carbonyl (C=O) groups is 1. The van der Waals surface area contributed by atoms with Crippen molar-refractivity contribution in [1.82, 2.24) is 4.90 Å². The smallest absolute Gasteiger partial charge is 0.410 e. The lowest BCUT2D eigenvalue weighted by Gasteiger charge is -2.24. The zero-order valence-corrected chi connectivity index (χ0v) is 20.9. The molecule has 0 aliphatic carbocycles. The minimum absolute atomic E-state index is 0.144. The van der Waals surface area contributed by atoms with Crippen molar-refractivity contribution in [1.29, 1.82) is 0 Å². The number of fused-ring (bicyclic) bond motifs is 1. The van der Waals surface area contributed by atoms with Crippen molar-refractivity contribution in [3.8, 4) is 5.75 Å². The Kier molecular flexibility index (Phi) is 6.48. The fourth-order valence-corrected chi connectivity index (χ4v) is 6.16. The molecule has 1 aliphatic rings. The van der Waals surface area contributed by atoms with E-state index in [2.05, 4.69) is 4.72 Å². The van der Waals surface area contributed by atoms with Gasteiger partial charge in [-0.3, -0.25) is 4.72 Å². The van der Waals surface area contributed by atoms with Crippen molar-refractivity contribution >= 4 is 55.5 Å². The normalized spacial score (nSPS) is 16.7. The number of likely N-dealkylation sites (tertiary alicyclic amines) is 1. The molecule has 0 radical (unpaired) electrons. The standard InChI is InChI=1S/C23H25ClN2O5S2/c1-23(2,3)31-22(27)26-13-12-15(14-26)30-19-9-8-18(16-6-4-5-7-17(16)19)25-33(28,29)21-11-10-20(24)32-21/h4-11,15,25H,12-14H2,1-3H3. The second-order valence-electron chi connectivity index (χ2n) is 8.78. The van der Waals surface area contributed by atoms with Crippen LogP contribution in [0.3, 0.4) is 0 Å². The molecule has 1 fully saturated rings. The van der Waals surface area contributed by atoms with Gasteiger partial charge in [0.1, 0.15) is 21.7 Å². The van der Waals surface area contributed by atoms with Crippen LogP contribution in [0.2, 0.25) is 4.34 Å². The quantitative estimate of drug-likeness (QED) is 0.474. The van der Waals surface area contributed by atoms with Crippen LogP contribution in [0.4, 0.5) is 10.5 Å². The van der Waals surface area contributed by atoms with Crippen LogP contribution in [-0.4, -0.2) is 44.2 Å². The number of nitrogens with one attached hydrogen (secondary N) is 1. The van der Waals surface area contributed by atoms with E-state index in [9.17, 15) is 13.2 Å². The van der Waals surface area contributed by atoms with Gasteiger partial charge in [-0.1, -0.05) is 35.9 Å². The average Bonchev–Trinajstić information content (AvgIpc) is 3.38. The van der Waals surface area contributed by atoms with Gasteiger partial charge in [0.2, 0.25) is 0 Å². The van der Waals surface area contributed by atoms with E-state index in [1.165, 1.54) is 6.07 Å². The highest BCUT2D eigenvalue weighted by Gasteiger charge is 2.31. The maximum Gasteiger partial charge on any atom is 0.410 e. The Morgan fingerprint density at radius 2 is 1.85 bits per heavy atom. The number of rotatable bonds is 5. The number of anilines is 1. The molecular formula is C23H25ClN2O5S2. The van der Waals surface area contributed by atoms with E-state index < -0.39 is 15.6 Å². The largest absolute Gasteiger partial charge is 0.488 e. The lowest BCUT2D eigenvalue weighted by molar-refractivity contribution is 0.0276. The molecule has 10 heteroatoms. The summed E-state index contributed by atoms with van der Waals surface area (Å²) in [6, 6.07) is 13.9. The first-order valence-corrected chi connectivity index (χ1v) is 13.1. The minimum Gasteiger partial charge on any atom is -0.488 e. The molecule has 1 aromatic heterocycles. The molecule has 176 valence electrons. The van der Waals surface area contributed by atoms with Crippen molar-refractivity contribution in [2.45, 2.75) is 43.1 Å². The number of nitrogens with zero attached hydrogens (tertiary/aromatic N) is 1. The lowest BCUT2D eigenvalue weighted by Crippen LogP contribution is -2.36. The molecule has 33 heavy (non-hydrogen) atoms. The Bertz CT molecular complexity index is 1280. The molecule has 4 rings (SSSR count). The third-order valence-corrected chi connectivity index (χ3v) is 8.12. The van der Waals surface area contributed by atoms with Gasteiger partial charge >= 0.3 is 6.09 Å². The molecule has 2 heterocycles. The molecule has 2 aromatic carbocycles. The van der Waals surface area contributed by atoms with E-state index in [0.717, 1.165) is 16.7 Å². The van der Waals surface area contributed by atoms with Crippen LogP contribution in [0.1, 0.15) is 27.2 Å². The Hall–Kier alpha value is -2.49. The van der Waals surface area contributed by atoms with Crippen molar-refractivity contribution < 1.29 is 22.7 Å². The number of benzene rings is 2. The molecule has 1 amide bonds. The summed E-state index contributed by atoms with van der Waals surface area (Å²) in [4.78, 5) is 14.0. The van der Waals surface area contributed by atoms with Crippen LogP contribution in [0.5, 0.6) is 5.75 Å². The molecule has 1 unspecified atom stereocenters. The SMILES string of the molecule is CC(C)(C)OC(=O)N1CCC(Oc2ccc(NS(=O)(=O)c3ccc(Cl)s3)c3ccccc23)C1. The highest BCUT2D eigenvalue weighted by Crippen LogP contribution is 2.35. The Morgan fingerprint density at radius 1 is 1.12 bits per heavy atom. The summed E-state index contributed by atoms with van der Waals surface area (Å²) >= 11 is 6.90. The van der Waals surface area contributed by atoms with Crippen molar-refractivity contribution in [3.05, 3.63) is 52.9 Å². The average molecular weight is 509 g/mol. The van der Waals surface area contributed by atoms with Gasteiger partial charge < -0.3 is 14.4 Å². The van der Waals surface area contributed by atoms with Crippen LogP contribution >= 0.6 is 22.9 Å². The first-order valence-electron chi connectivity index (χ1n) is 10.5. The molecule has 1 aliphatic heterocycles. The molecule has 7 nitrogen and oxygen atoms in total. The topological polar surface area (TPSA) is 84.9 Å². The van der Waals surface area contributed by atoms with Crippen LogP contribution in [0, 0.1) is 0 Å². The molecule has 0 spiro atoms. The van der Waals surface area contributed by atoms with Crippen molar-refractivity contribution in [2.75, 3.05) is 17.8 Å². The third kappa shape index (κ3) is 5.54. The minimum atomic E-state index is -3.77. The van der Waals surface area contributed by atoms with Crippen molar-refractivity contribution in [2.24, 2.45) is 0 Å². The van der Waals surface area contributed by atoms with Gasteiger partial charge in [0, 0.05) is 23.7 Å². The monoisotopic (exact) mass is 508 g/mol. The molecule has 0 bridgehead atoms. The summed E-state index contributed by atoms with van der Waals surface area (Å²) in [5, 5.41) is 1.49. The Labute approximate surface area is 202 Å². The van der Waals surface area contributed by atoms with Crippen molar-refractivity contribution in [3.63, 3.8) is 0 Å². The fourth-order valence-electron chi connectivity index (χ4n) is 3.60. The van der Waals surface area contributed by atoms with Crippen LogP contribution < -0.4 is 9.46 Å². The highest BCUT2D eigenvalue weighted by atomic mass is 35.5. The number of halogens is 1. The summed E-state index contributed by atoms with van der Waals surface area (Å²) < 4.78 is 40.4. The summed E-state index contributed by atoms with van der Waals surface area (Å²) in [6.07, 6.45) is 0.148.